The second-order valence-corrected chi connectivity index (χ2v) is 8.54. The molecule has 1 amide bonds. The first-order valence-electron chi connectivity index (χ1n) is 8.94. The van der Waals surface area contributed by atoms with Gasteiger partial charge in [-0.15, -0.1) is 0 Å². The topological polar surface area (TPSA) is 87.6 Å². The third kappa shape index (κ3) is 5.86. The maximum absolute atomic E-state index is 13.0. The van der Waals surface area contributed by atoms with Crippen LogP contribution in [0.25, 0.3) is 0 Å². The predicted molar refractivity (Wildman–Crippen MR) is 115 cm³/mol. The van der Waals surface area contributed by atoms with Gasteiger partial charge in [0.05, 0.1) is 16.7 Å². The van der Waals surface area contributed by atoms with Crippen molar-refractivity contribution in [1.29, 1.82) is 0 Å². The van der Waals surface area contributed by atoms with E-state index in [9.17, 15) is 26.4 Å². The highest BCUT2D eigenvalue weighted by atomic mass is 35.5. The Bertz CT molecular complexity index is 1260. The number of hydrogen-bond acceptors (Lipinski definition) is 4. The average Bonchev–Trinajstić information content (AvgIpc) is 2.75. The smallest absolute Gasteiger partial charge is 0.280 e. The number of benzene rings is 3. The molecule has 0 radical (unpaired) electrons. The summed E-state index contributed by atoms with van der Waals surface area (Å²) in [5, 5.41) is 3.99. The third-order valence-electron chi connectivity index (χ3n) is 4.14. The van der Waals surface area contributed by atoms with Crippen molar-refractivity contribution in [3.05, 3.63) is 94.5 Å². The average molecular weight is 482 g/mol. The Hall–Kier alpha value is -3.37. The van der Waals surface area contributed by atoms with E-state index in [4.69, 9.17) is 11.6 Å². The van der Waals surface area contributed by atoms with Crippen LogP contribution in [0.15, 0.2) is 82.8 Å². The van der Waals surface area contributed by atoms with Crippen LogP contribution in [0.3, 0.4) is 0 Å². The molecule has 0 unspecified atom stereocenters. The van der Waals surface area contributed by atoms with Gasteiger partial charge in [-0.2, -0.15) is 18.3 Å². The molecule has 2 N–H and O–H groups in total. The lowest BCUT2D eigenvalue weighted by molar-refractivity contribution is -0.137. The first-order valence-corrected chi connectivity index (χ1v) is 10.8. The van der Waals surface area contributed by atoms with Gasteiger partial charge in [-0.3, -0.25) is 9.52 Å². The molecule has 0 fully saturated rings. The van der Waals surface area contributed by atoms with Crippen LogP contribution in [0.5, 0.6) is 0 Å². The molecule has 0 spiro atoms. The highest BCUT2D eigenvalue weighted by Crippen LogP contribution is 2.31. The third-order valence-corrected chi connectivity index (χ3v) is 5.77. The van der Waals surface area contributed by atoms with Crippen LogP contribution in [0.4, 0.5) is 18.9 Å². The molecule has 0 atom stereocenters. The fraction of sp³-hybridized carbons (Fsp3) is 0.0476. The van der Waals surface area contributed by atoms with E-state index in [-0.39, 0.29) is 21.7 Å². The van der Waals surface area contributed by atoms with Crippen LogP contribution in [0.2, 0.25) is 5.02 Å². The molecule has 0 aromatic heterocycles. The van der Waals surface area contributed by atoms with Crippen molar-refractivity contribution < 1.29 is 26.4 Å². The quantitative estimate of drug-likeness (QED) is 0.387. The number of amides is 1. The van der Waals surface area contributed by atoms with Crippen molar-refractivity contribution in [2.24, 2.45) is 5.10 Å². The number of carbonyl (C=O) groups is 1. The Labute approximate surface area is 186 Å². The molecule has 0 saturated heterocycles. The van der Waals surface area contributed by atoms with Crippen molar-refractivity contribution in [3.8, 4) is 0 Å². The van der Waals surface area contributed by atoms with E-state index in [1.165, 1.54) is 60.7 Å². The van der Waals surface area contributed by atoms with Crippen molar-refractivity contribution >= 4 is 39.4 Å². The zero-order valence-corrected chi connectivity index (χ0v) is 17.7. The number of rotatable bonds is 6. The number of nitrogens with zero attached hydrogens (tertiary/aromatic N) is 1. The Balaban J connectivity index is 1.75. The normalized spacial score (nSPS) is 12.0. The lowest BCUT2D eigenvalue weighted by Crippen LogP contribution is -2.19. The minimum absolute atomic E-state index is 0.0507. The molecule has 3 aromatic rings. The highest BCUT2D eigenvalue weighted by molar-refractivity contribution is 7.92. The molecule has 32 heavy (non-hydrogen) atoms. The summed E-state index contributed by atoms with van der Waals surface area (Å²) in [5.74, 6) is -0.797. The number of nitrogens with one attached hydrogen (secondary N) is 2. The molecule has 0 saturated carbocycles. The fourth-order valence-electron chi connectivity index (χ4n) is 2.63. The lowest BCUT2D eigenvalue weighted by Gasteiger charge is -2.10. The molecule has 0 bridgehead atoms. The standard InChI is InChI=1S/C21H15ClF3N3O3S/c22-16-8-10-17(11-9-16)28-32(30,31)18-6-3-5-14(12-18)20(29)27-26-13-15-4-1-2-7-19(15)21(23,24)25/h1-13,28H,(H,27,29)/b26-13+. The molecular weight excluding hydrogens is 467 g/mol. The Morgan fingerprint density at radius 3 is 2.34 bits per heavy atom. The molecule has 3 aromatic carbocycles. The minimum atomic E-state index is -4.58. The number of anilines is 1. The molecule has 0 aliphatic rings. The number of sulfonamides is 1. The number of carbonyl (C=O) groups excluding carboxylic acids is 1. The second kappa shape index (κ2) is 9.41. The van der Waals surface area contributed by atoms with Crippen LogP contribution < -0.4 is 10.1 Å². The molecule has 0 aliphatic heterocycles. The van der Waals surface area contributed by atoms with E-state index in [0.717, 1.165) is 18.3 Å². The summed E-state index contributed by atoms with van der Waals surface area (Å²) in [7, 11) is -4.00. The summed E-state index contributed by atoms with van der Waals surface area (Å²) < 4.78 is 66.6. The van der Waals surface area contributed by atoms with Gasteiger partial charge in [-0.05, 0) is 48.5 Å². The van der Waals surface area contributed by atoms with Crippen LogP contribution in [0, 0.1) is 0 Å². The second-order valence-electron chi connectivity index (χ2n) is 6.42. The van der Waals surface area contributed by atoms with Gasteiger partial charge in [0.25, 0.3) is 15.9 Å². The number of hydrogen-bond donors (Lipinski definition) is 2. The first kappa shape index (κ1) is 23.3. The van der Waals surface area contributed by atoms with E-state index >= 15 is 0 Å². The summed E-state index contributed by atoms with van der Waals surface area (Å²) in [6.07, 6.45) is -3.71. The maximum atomic E-state index is 13.0. The van der Waals surface area contributed by atoms with Crippen molar-refractivity contribution in [3.63, 3.8) is 0 Å². The molecule has 166 valence electrons. The van der Waals surface area contributed by atoms with E-state index in [1.807, 2.05) is 0 Å². The van der Waals surface area contributed by atoms with Crippen LogP contribution in [0.1, 0.15) is 21.5 Å². The maximum Gasteiger partial charge on any atom is 0.417 e. The first-order chi connectivity index (χ1) is 15.1. The Morgan fingerprint density at radius 2 is 1.66 bits per heavy atom. The highest BCUT2D eigenvalue weighted by Gasteiger charge is 2.32. The van der Waals surface area contributed by atoms with Gasteiger partial charge in [0, 0.05) is 21.8 Å². The zero-order chi connectivity index (χ0) is 23.4. The zero-order valence-electron chi connectivity index (χ0n) is 16.1. The largest absolute Gasteiger partial charge is 0.417 e. The minimum Gasteiger partial charge on any atom is -0.280 e. The van der Waals surface area contributed by atoms with Gasteiger partial charge >= 0.3 is 6.18 Å². The summed E-state index contributed by atoms with van der Waals surface area (Å²) in [6.45, 7) is 0. The van der Waals surface area contributed by atoms with E-state index < -0.39 is 27.7 Å². The van der Waals surface area contributed by atoms with E-state index in [0.29, 0.717) is 5.02 Å². The van der Waals surface area contributed by atoms with Crippen LogP contribution >= 0.6 is 11.6 Å². The Morgan fingerprint density at radius 1 is 0.969 bits per heavy atom. The monoisotopic (exact) mass is 481 g/mol. The van der Waals surface area contributed by atoms with Gasteiger partial charge < -0.3 is 0 Å². The fourth-order valence-corrected chi connectivity index (χ4v) is 3.86. The SMILES string of the molecule is O=C(N/N=C/c1ccccc1C(F)(F)F)c1cccc(S(=O)(=O)Nc2ccc(Cl)cc2)c1. The number of halogens is 4. The predicted octanol–water partition coefficient (Wildman–Crippen LogP) is 4.92. The molecule has 6 nitrogen and oxygen atoms in total. The van der Waals surface area contributed by atoms with Gasteiger partial charge in [0.1, 0.15) is 0 Å². The summed E-state index contributed by atoms with van der Waals surface area (Å²) in [5.41, 5.74) is 1.18. The molecule has 3 rings (SSSR count). The number of hydrazone groups is 1. The number of alkyl halides is 3. The van der Waals surface area contributed by atoms with Crippen molar-refractivity contribution in [2.45, 2.75) is 11.1 Å². The summed E-state index contributed by atoms with van der Waals surface area (Å²) in [4.78, 5) is 12.1. The molecule has 0 aliphatic carbocycles. The van der Waals surface area contributed by atoms with Gasteiger partial charge in [0.2, 0.25) is 0 Å². The van der Waals surface area contributed by atoms with Crippen LogP contribution in [-0.4, -0.2) is 20.5 Å². The molecule has 11 heteroatoms. The molecule has 0 heterocycles. The lowest BCUT2D eigenvalue weighted by atomic mass is 10.1. The summed E-state index contributed by atoms with van der Waals surface area (Å²) in [6, 6.07) is 15.8. The van der Waals surface area contributed by atoms with E-state index in [1.54, 1.807) is 0 Å². The molecular formula is C21H15ClF3N3O3S. The van der Waals surface area contributed by atoms with Gasteiger partial charge in [-0.1, -0.05) is 35.9 Å². The van der Waals surface area contributed by atoms with Crippen LogP contribution in [-0.2, 0) is 16.2 Å². The van der Waals surface area contributed by atoms with Crippen molar-refractivity contribution in [2.75, 3.05) is 4.72 Å². The summed E-state index contributed by atoms with van der Waals surface area (Å²) >= 11 is 5.78. The van der Waals surface area contributed by atoms with E-state index in [2.05, 4.69) is 15.2 Å². The van der Waals surface area contributed by atoms with Gasteiger partial charge in [-0.25, -0.2) is 13.8 Å². The van der Waals surface area contributed by atoms with Gasteiger partial charge in [0.15, 0.2) is 0 Å². The Kier molecular flexibility index (Phi) is 6.85. The van der Waals surface area contributed by atoms with Crippen molar-refractivity contribution in [1.82, 2.24) is 5.43 Å².